The van der Waals surface area contributed by atoms with Crippen molar-refractivity contribution in [2.45, 2.75) is 6.61 Å². The minimum atomic E-state index is -0.579. The first-order valence-electron chi connectivity index (χ1n) is 5.28. The third-order valence-electron chi connectivity index (χ3n) is 2.27. The number of benzene rings is 1. The van der Waals surface area contributed by atoms with E-state index in [1.54, 1.807) is 24.3 Å². The Kier molecular flexibility index (Phi) is 3.94. The highest BCUT2D eigenvalue weighted by Crippen LogP contribution is 2.26. The summed E-state index contributed by atoms with van der Waals surface area (Å²) in [5, 5.41) is 19.7. The lowest BCUT2D eigenvalue weighted by Crippen LogP contribution is -1.93. The van der Waals surface area contributed by atoms with Gasteiger partial charge in [-0.15, -0.1) is 0 Å². The quantitative estimate of drug-likeness (QED) is 0.529. The largest absolute Gasteiger partial charge is 0.439 e. The van der Waals surface area contributed by atoms with Gasteiger partial charge in [0.2, 0.25) is 5.88 Å². The van der Waals surface area contributed by atoms with Gasteiger partial charge in [0.1, 0.15) is 10.9 Å². The second-order valence-electron chi connectivity index (χ2n) is 3.65. The highest BCUT2D eigenvalue weighted by atomic mass is 35.5. The van der Waals surface area contributed by atoms with Crippen LogP contribution in [0.4, 0.5) is 5.69 Å². The summed E-state index contributed by atoms with van der Waals surface area (Å²) >= 11 is 5.68. The van der Waals surface area contributed by atoms with E-state index in [0.29, 0.717) is 11.3 Å². The summed E-state index contributed by atoms with van der Waals surface area (Å²) in [6.07, 6.45) is 0. The van der Waals surface area contributed by atoms with Crippen molar-refractivity contribution in [2.24, 2.45) is 0 Å². The second kappa shape index (κ2) is 5.64. The highest BCUT2D eigenvalue weighted by molar-refractivity contribution is 6.29. The van der Waals surface area contributed by atoms with Crippen molar-refractivity contribution in [3.63, 3.8) is 0 Å². The molecule has 0 aliphatic carbocycles. The molecule has 0 spiro atoms. The molecule has 0 bridgehead atoms. The van der Waals surface area contributed by atoms with Crippen LogP contribution in [0.25, 0.3) is 0 Å². The Morgan fingerprint density at radius 3 is 2.84 bits per heavy atom. The molecule has 0 atom stereocenters. The number of aromatic nitrogens is 1. The predicted molar refractivity (Wildman–Crippen MR) is 68.3 cm³/mol. The molecule has 2 aromatic rings. The summed E-state index contributed by atoms with van der Waals surface area (Å²) in [6, 6.07) is 8.98. The molecule has 1 heterocycles. The van der Waals surface area contributed by atoms with E-state index in [2.05, 4.69) is 4.98 Å². The van der Waals surface area contributed by atoms with Gasteiger partial charge in [-0.25, -0.2) is 4.98 Å². The zero-order valence-electron chi connectivity index (χ0n) is 9.62. The number of nitrogens with zero attached hydrogens (tertiary/aromatic N) is 2. The van der Waals surface area contributed by atoms with Gasteiger partial charge in [0.25, 0.3) is 5.69 Å². The van der Waals surface area contributed by atoms with Gasteiger partial charge in [-0.2, -0.15) is 0 Å². The number of ether oxygens (including phenoxy) is 1. The number of nitro groups is 1. The number of rotatable bonds is 4. The summed E-state index contributed by atoms with van der Waals surface area (Å²) in [5.41, 5.74) is 0.461. The van der Waals surface area contributed by atoms with Crippen molar-refractivity contribution in [3.05, 3.63) is 57.2 Å². The molecule has 0 amide bonds. The van der Waals surface area contributed by atoms with Gasteiger partial charge in [-0.05, 0) is 17.7 Å². The monoisotopic (exact) mass is 280 g/mol. The topological polar surface area (TPSA) is 85.5 Å². The smallest absolute Gasteiger partial charge is 0.277 e. The summed E-state index contributed by atoms with van der Waals surface area (Å²) < 4.78 is 5.38. The van der Waals surface area contributed by atoms with E-state index in [1.807, 2.05) is 0 Å². The summed E-state index contributed by atoms with van der Waals surface area (Å²) in [7, 11) is 0. The van der Waals surface area contributed by atoms with Crippen molar-refractivity contribution in [1.82, 2.24) is 4.98 Å². The molecule has 0 aliphatic heterocycles. The molecule has 98 valence electrons. The number of hydrogen-bond acceptors (Lipinski definition) is 5. The van der Waals surface area contributed by atoms with Crippen LogP contribution in [0.3, 0.4) is 0 Å². The maximum absolute atomic E-state index is 10.7. The van der Waals surface area contributed by atoms with Crippen molar-refractivity contribution >= 4 is 17.3 Å². The highest BCUT2D eigenvalue weighted by Gasteiger charge is 2.11. The average molecular weight is 281 g/mol. The van der Waals surface area contributed by atoms with Crippen LogP contribution in [0.5, 0.6) is 11.6 Å². The first-order chi connectivity index (χ1) is 9.08. The molecule has 1 aromatic heterocycles. The lowest BCUT2D eigenvalue weighted by molar-refractivity contribution is -0.385. The first-order valence-corrected chi connectivity index (χ1v) is 5.66. The summed E-state index contributed by atoms with van der Waals surface area (Å²) in [6.45, 7) is -0.125. The number of pyridine rings is 1. The third-order valence-corrected chi connectivity index (χ3v) is 2.46. The Hall–Kier alpha value is -2.18. The molecule has 1 N–H and O–H groups in total. The van der Waals surface area contributed by atoms with E-state index in [1.165, 1.54) is 6.07 Å². The second-order valence-corrected chi connectivity index (χ2v) is 4.04. The van der Waals surface area contributed by atoms with E-state index in [0.717, 1.165) is 6.07 Å². The minimum Gasteiger partial charge on any atom is -0.439 e. The molecule has 0 aliphatic rings. The van der Waals surface area contributed by atoms with Crippen LogP contribution in [0.1, 0.15) is 5.56 Å². The van der Waals surface area contributed by atoms with E-state index >= 15 is 0 Å². The van der Waals surface area contributed by atoms with Crippen LogP contribution >= 0.6 is 11.6 Å². The van der Waals surface area contributed by atoms with Crippen molar-refractivity contribution in [3.8, 4) is 11.6 Å². The fraction of sp³-hybridized carbons (Fsp3) is 0.0833. The number of aliphatic hydroxyl groups is 1. The van der Waals surface area contributed by atoms with E-state index in [4.69, 9.17) is 21.4 Å². The predicted octanol–water partition coefficient (Wildman–Crippen LogP) is 2.93. The molecule has 0 radical (unpaired) electrons. The fourth-order valence-electron chi connectivity index (χ4n) is 1.45. The third kappa shape index (κ3) is 3.40. The first kappa shape index (κ1) is 13.3. The van der Waals surface area contributed by atoms with Crippen LogP contribution in [-0.4, -0.2) is 15.0 Å². The molecule has 1 aromatic carbocycles. The zero-order valence-corrected chi connectivity index (χ0v) is 10.4. The van der Waals surface area contributed by atoms with Crippen LogP contribution in [0.15, 0.2) is 36.4 Å². The lowest BCUT2D eigenvalue weighted by atomic mass is 10.2. The normalized spacial score (nSPS) is 10.2. The van der Waals surface area contributed by atoms with Crippen molar-refractivity contribution < 1.29 is 14.8 Å². The molecular formula is C12H9ClN2O4. The molecule has 0 unspecified atom stereocenters. The van der Waals surface area contributed by atoms with Crippen molar-refractivity contribution in [1.29, 1.82) is 0 Å². The minimum absolute atomic E-state index is 0.0225. The number of halogens is 1. The molecule has 0 fully saturated rings. The molecule has 19 heavy (non-hydrogen) atoms. The zero-order chi connectivity index (χ0) is 13.8. The van der Waals surface area contributed by atoms with Crippen LogP contribution in [0, 0.1) is 10.1 Å². The number of aliphatic hydroxyl groups excluding tert-OH is 1. The molecule has 0 saturated carbocycles. The van der Waals surface area contributed by atoms with Crippen LogP contribution in [-0.2, 0) is 6.61 Å². The van der Waals surface area contributed by atoms with E-state index in [-0.39, 0.29) is 23.3 Å². The maximum atomic E-state index is 10.7. The van der Waals surface area contributed by atoms with Gasteiger partial charge in [-0.1, -0.05) is 23.7 Å². The molecule has 6 nitrogen and oxygen atoms in total. The standard InChI is InChI=1S/C12H9ClN2O4/c13-11-5-9(15(17)18)6-12(14-11)19-10-3-1-2-8(4-10)7-16/h1-6,16H,7H2. The van der Waals surface area contributed by atoms with Crippen molar-refractivity contribution in [2.75, 3.05) is 0 Å². The Labute approximate surface area is 113 Å². The Morgan fingerprint density at radius 1 is 1.37 bits per heavy atom. The Bertz CT molecular complexity index is 618. The summed E-state index contributed by atoms with van der Waals surface area (Å²) in [5.74, 6) is 0.435. The molecule has 0 saturated heterocycles. The Morgan fingerprint density at radius 2 is 2.16 bits per heavy atom. The fourth-order valence-corrected chi connectivity index (χ4v) is 1.64. The Balaban J connectivity index is 2.29. The van der Waals surface area contributed by atoms with Gasteiger partial charge < -0.3 is 9.84 Å². The van der Waals surface area contributed by atoms with Crippen LogP contribution < -0.4 is 4.74 Å². The molecule has 2 rings (SSSR count). The van der Waals surface area contributed by atoms with Gasteiger partial charge in [-0.3, -0.25) is 10.1 Å². The van der Waals surface area contributed by atoms with E-state index < -0.39 is 4.92 Å². The van der Waals surface area contributed by atoms with Gasteiger partial charge in [0, 0.05) is 0 Å². The van der Waals surface area contributed by atoms with Gasteiger partial charge in [0.15, 0.2) is 0 Å². The van der Waals surface area contributed by atoms with Gasteiger partial charge in [0.05, 0.1) is 23.7 Å². The molecule has 7 heteroatoms. The van der Waals surface area contributed by atoms with Gasteiger partial charge >= 0.3 is 0 Å². The SMILES string of the molecule is O=[N+]([O-])c1cc(Cl)nc(Oc2cccc(CO)c2)c1. The lowest BCUT2D eigenvalue weighted by Gasteiger charge is -2.06. The molecular weight excluding hydrogens is 272 g/mol. The summed E-state index contributed by atoms with van der Waals surface area (Å²) in [4.78, 5) is 14.0. The van der Waals surface area contributed by atoms with E-state index in [9.17, 15) is 10.1 Å². The maximum Gasteiger partial charge on any atom is 0.277 e. The average Bonchev–Trinajstić information content (AvgIpc) is 2.38. The number of hydrogen-bond donors (Lipinski definition) is 1. The van der Waals surface area contributed by atoms with Crippen LogP contribution in [0.2, 0.25) is 5.15 Å².